The van der Waals surface area contributed by atoms with Gasteiger partial charge in [0.1, 0.15) is 22.6 Å². The zero-order valence-electron chi connectivity index (χ0n) is 15.5. The Balaban J connectivity index is 2.12. The van der Waals surface area contributed by atoms with Crippen molar-refractivity contribution >= 4 is 23.3 Å². The third-order valence-electron chi connectivity index (χ3n) is 5.42. The molecule has 1 aromatic carbocycles. The SMILES string of the molecule is CCOC(=O)C1=C(N)OC2=C(C(=O)CCC2)[C@]12C(=O)N(C)c1ccc(F)cc12. The van der Waals surface area contributed by atoms with E-state index in [1.165, 1.54) is 30.1 Å². The molecule has 1 spiro atoms. The fourth-order valence-electron chi connectivity index (χ4n) is 4.35. The van der Waals surface area contributed by atoms with Crippen LogP contribution >= 0.6 is 0 Å². The Bertz CT molecular complexity index is 996. The zero-order valence-corrected chi connectivity index (χ0v) is 15.5. The molecule has 28 heavy (non-hydrogen) atoms. The Hall–Kier alpha value is -3.16. The molecule has 1 atom stereocenters. The first-order chi connectivity index (χ1) is 13.3. The third-order valence-corrected chi connectivity index (χ3v) is 5.42. The van der Waals surface area contributed by atoms with Crippen LogP contribution in [0.25, 0.3) is 0 Å². The quantitative estimate of drug-likeness (QED) is 0.779. The molecule has 0 bridgehead atoms. The average Bonchev–Trinajstić information content (AvgIpc) is 2.84. The summed E-state index contributed by atoms with van der Waals surface area (Å²) >= 11 is 0. The Morgan fingerprint density at radius 2 is 2.11 bits per heavy atom. The number of ketones is 1. The topological polar surface area (TPSA) is 98.9 Å². The van der Waals surface area contributed by atoms with Gasteiger partial charge in [0.25, 0.3) is 0 Å². The molecule has 2 heterocycles. The molecule has 0 fully saturated rings. The van der Waals surface area contributed by atoms with Crippen molar-refractivity contribution in [1.29, 1.82) is 0 Å². The number of esters is 1. The van der Waals surface area contributed by atoms with Crippen LogP contribution in [0.3, 0.4) is 0 Å². The Morgan fingerprint density at radius 3 is 2.82 bits per heavy atom. The first kappa shape index (κ1) is 18.2. The van der Waals surface area contributed by atoms with E-state index in [9.17, 15) is 18.8 Å². The van der Waals surface area contributed by atoms with E-state index in [0.29, 0.717) is 18.5 Å². The van der Waals surface area contributed by atoms with Gasteiger partial charge in [0, 0.05) is 31.1 Å². The lowest BCUT2D eigenvalue weighted by Gasteiger charge is -2.38. The third kappa shape index (κ3) is 2.17. The summed E-state index contributed by atoms with van der Waals surface area (Å²) < 4.78 is 25.0. The van der Waals surface area contributed by atoms with Crippen LogP contribution in [0.4, 0.5) is 10.1 Å². The number of ether oxygens (including phenoxy) is 2. The van der Waals surface area contributed by atoms with Gasteiger partial charge < -0.3 is 20.1 Å². The van der Waals surface area contributed by atoms with Crippen molar-refractivity contribution in [3.05, 3.63) is 52.4 Å². The van der Waals surface area contributed by atoms with Gasteiger partial charge in [-0.3, -0.25) is 9.59 Å². The molecule has 1 amide bonds. The summed E-state index contributed by atoms with van der Waals surface area (Å²) in [6.45, 7) is 1.64. The summed E-state index contributed by atoms with van der Waals surface area (Å²) in [5.74, 6) is -2.41. The summed E-state index contributed by atoms with van der Waals surface area (Å²) in [5.41, 5.74) is 4.57. The van der Waals surface area contributed by atoms with Gasteiger partial charge >= 0.3 is 5.97 Å². The second-order valence-electron chi connectivity index (χ2n) is 6.91. The molecule has 0 saturated carbocycles. The summed E-state index contributed by atoms with van der Waals surface area (Å²) in [7, 11) is 1.51. The maximum Gasteiger partial charge on any atom is 0.341 e. The van der Waals surface area contributed by atoms with Crippen LogP contribution in [0.5, 0.6) is 0 Å². The minimum atomic E-state index is -1.87. The molecule has 4 rings (SSSR count). The molecular weight excluding hydrogens is 367 g/mol. The van der Waals surface area contributed by atoms with Gasteiger partial charge in [-0.05, 0) is 31.5 Å². The number of allylic oxidation sites excluding steroid dienone is 1. The molecule has 1 aliphatic carbocycles. The molecule has 3 aliphatic rings. The van der Waals surface area contributed by atoms with E-state index in [-0.39, 0.29) is 47.2 Å². The lowest BCUT2D eigenvalue weighted by molar-refractivity contribution is -0.141. The Morgan fingerprint density at radius 1 is 1.36 bits per heavy atom. The van der Waals surface area contributed by atoms with Gasteiger partial charge in [0.15, 0.2) is 5.78 Å². The van der Waals surface area contributed by atoms with Crippen LogP contribution in [0.1, 0.15) is 31.7 Å². The highest BCUT2D eigenvalue weighted by Crippen LogP contribution is 2.55. The van der Waals surface area contributed by atoms with Crippen LogP contribution in [0.2, 0.25) is 0 Å². The van der Waals surface area contributed by atoms with E-state index in [1.54, 1.807) is 6.92 Å². The summed E-state index contributed by atoms with van der Waals surface area (Å²) in [4.78, 5) is 40.7. The fourth-order valence-corrected chi connectivity index (χ4v) is 4.35. The molecule has 0 saturated heterocycles. The lowest BCUT2D eigenvalue weighted by atomic mass is 9.64. The van der Waals surface area contributed by atoms with E-state index in [4.69, 9.17) is 15.2 Å². The largest absolute Gasteiger partial charge is 0.462 e. The fraction of sp³-hybridized carbons (Fsp3) is 0.350. The molecule has 7 nitrogen and oxygen atoms in total. The van der Waals surface area contributed by atoms with Gasteiger partial charge in [-0.1, -0.05) is 0 Å². The number of nitrogens with two attached hydrogens (primary N) is 1. The van der Waals surface area contributed by atoms with Crippen molar-refractivity contribution in [2.24, 2.45) is 5.73 Å². The van der Waals surface area contributed by atoms with Crippen molar-refractivity contribution in [2.75, 3.05) is 18.6 Å². The van der Waals surface area contributed by atoms with Crippen LogP contribution in [0.15, 0.2) is 41.0 Å². The average molecular weight is 386 g/mol. The van der Waals surface area contributed by atoms with Crippen LogP contribution in [-0.2, 0) is 29.3 Å². The molecule has 0 aromatic heterocycles. The number of carbonyl (C=O) groups excluding carboxylic acids is 3. The molecule has 2 aliphatic heterocycles. The molecule has 1 aromatic rings. The summed E-state index contributed by atoms with van der Waals surface area (Å²) in [6, 6.07) is 3.83. The molecule has 146 valence electrons. The van der Waals surface area contributed by atoms with E-state index in [2.05, 4.69) is 0 Å². The number of rotatable bonds is 2. The summed E-state index contributed by atoms with van der Waals surface area (Å²) in [6.07, 6.45) is 1.12. The molecule has 2 N–H and O–H groups in total. The number of nitrogens with zero attached hydrogens (tertiary/aromatic N) is 1. The van der Waals surface area contributed by atoms with Crippen molar-refractivity contribution < 1.29 is 28.2 Å². The van der Waals surface area contributed by atoms with Crippen LogP contribution in [0, 0.1) is 5.82 Å². The van der Waals surface area contributed by atoms with E-state index in [0.717, 1.165) is 0 Å². The number of amides is 1. The number of hydrogen-bond donors (Lipinski definition) is 1. The minimum absolute atomic E-state index is 0.0333. The standard InChI is InChI=1S/C20H19FN2O5/c1-3-27-18(25)16-17(22)28-14-6-4-5-13(24)15(14)20(16)11-9-10(21)7-8-12(11)23(2)19(20)26/h7-9H,3-6,22H2,1-2H3/t20-/m0/s1. The van der Waals surface area contributed by atoms with Gasteiger partial charge in [-0.2, -0.15) is 0 Å². The van der Waals surface area contributed by atoms with Crippen molar-refractivity contribution in [3.63, 3.8) is 0 Å². The molecular formula is C20H19FN2O5. The number of hydrogen-bond acceptors (Lipinski definition) is 6. The highest BCUT2D eigenvalue weighted by atomic mass is 19.1. The highest BCUT2D eigenvalue weighted by molar-refractivity contribution is 6.23. The first-order valence-electron chi connectivity index (χ1n) is 9.04. The van der Waals surface area contributed by atoms with E-state index in [1.807, 2.05) is 0 Å². The van der Waals surface area contributed by atoms with Gasteiger partial charge in [-0.15, -0.1) is 0 Å². The number of fused-ring (bicyclic) bond motifs is 3. The Kier molecular flexibility index (Phi) is 4.02. The number of halogens is 1. The monoisotopic (exact) mass is 386 g/mol. The van der Waals surface area contributed by atoms with E-state index < -0.39 is 23.1 Å². The number of carbonyl (C=O) groups is 3. The highest BCUT2D eigenvalue weighted by Gasteiger charge is 2.63. The van der Waals surface area contributed by atoms with Crippen molar-refractivity contribution in [1.82, 2.24) is 0 Å². The predicted molar refractivity (Wildman–Crippen MR) is 96.3 cm³/mol. The van der Waals surface area contributed by atoms with Crippen LogP contribution in [-0.4, -0.2) is 31.3 Å². The number of likely N-dealkylation sites (N-methyl/N-ethyl adjacent to an activating group) is 1. The van der Waals surface area contributed by atoms with Gasteiger partial charge in [-0.25, -0.2) is 9.18 Å². The van der Waals surface area contributed by atoms with Crippen LogP contribution < -0.4 is 10.6 Å². The summed E-state index contributed by atoms with van der Waals surface area (Å²) in [5, 5.41) is 0. The lowest BCUT2D eigenvalue weighted by Crippen LogP contribution is -2.50. The second-order valence-corrected chi connectivity index (χ2v) is 6.91. The smallest absolute Gasteiger partial charge is 0.341 e. The molecule has 8 heteroatoms. The maximum absolute atomic E-state index is 14.2. The Labute approximate surface area is 160 Å². The van der Waals surface area contributed by atoms with Crippen molar-refractivity contribution in [2.45, 2.75) is 31.6 Å². The number of Topliss-reactive ketones (excluding diaryl/α,β-unsaturated/α-hetero) is 1. The predicted octanol–water partition coefficient (Wildman–Crippen LogP) is 1.81. The van der Waals surface area contributed by atoms with E-state index >= 15 is 0 Å². The molecule has 0 unspecified atom stereocenters. The second kappa shape index (κ2) is 6.19. The van der Waals surface area contributed by atoms with Gasteiger partial charge in [0.2, 0.25) is 11.8 Å². The first-order valence-corrected chi connectivity index (χ1v) is 9.04. The normalized spacial score (nSPS) is 23.8. The number of benzene rings is 1. The number of anilines is 1. The zero-order chi connectivity index (χ0) is 20.2. The minimum Gasteiger partial charge on any atom is -0.462 e. The van der Waals surface area contributed by atoms with Gasteiger partial charge in [0.05, 0.1) is 12.2 Å². The maximum atomic E-state index is 14.2. The molecule has 0 radical (unpaired) electrons. The van der Waals surface area contributed by atoms with Crippen molar-refractivity contribution in [3.8, 4) is 0 Å².